The molecule has 2 rings (SSSR count). The zero-order chi connectivity index (χ0) is 15.4. The maximum Gasteiger partial charge on any atom is 0.316 e. The molecule has 0 aliphatic rings. The van der Waals surface area contributed by atoms with Gasteiger partial charge in [0.15, 0.2) is 0 Å². The number of nitrogens with zero attached hydrogens (tertiary/aromatic N) is 3. The van der Waals surface area contributed by atoms with Gasteiger partial charge in [-0.25, -0.2) is 9.78 Å². The number of nitrogens with one attached hydrogen (secondary N) is 1. The molecule has 0 saturated heterocycles. The van der Waals surface area contributed by atoms with Crippen LogP contribution in [0.5, 0.6) is 5.75 Å². The van der Waals surface area contributed by atoms with Crippen LogP contribution in [0.4, 0.5) is 4.79 Å². The Morgan fingerprint density at radius 3 is 2.86 bits per heavy atom. The minimum Gasteiger partial charge on any atom is -0.497 e. The molecule has 0 bridgehead atoms. The fourth-order valence-electron chi connectivity index (χ4n) is 2.07. The van der Waals surface area contributed by atoms with Crippen LogP contribution in [0.1, 0.15) is 5.82 Å². The number of benzene rings is 1. The molecule has 0 atom stereocenters. The Morgan fingerprint density at radius 2 is 2.24 bits per heavy atom. The summed E-state index contributed by atoms with van der Waals surface area (Å²) in [5, 5.41) is 2.83. The fraction of sp³-hybridized carbons (Fsp3) is 0.429. The Morgan fingerprint density at radius 1 is 1.48 bits per heavy atom. The average molecular weight is 311 g/mol. The molecular formula is C14H19ClN4O2. The largest absolute Gasteiger partial charge is 0.497 e. The molecule has 1 aromatic heterocycles. The van der Waals surface area contributed by atoms with Crippen LogP contribution < -0.4 is 10.1 Å². The van der Waals surface area contributed by atoms with Crippen LogP contribution in [0.15, 0.2) is 18.2 Å². The number of halogens is 1. The molecule has 0 spiro atoms. The lowest BCUT2D eigenvalue weighted by Crippen LogP contribution is -2.36. The van der Waals surface area contributed by atoms with Gasteiger partial charge >= 0.3 is 6.03 Å². The quantitative estimate of drug-likeness (QED) is 0.860. The van der Waals surface area contributed by atoms with Gasteiger partial charge in [0, 0.05) is 33.3 Å². The van der Waals surface area contributed by atoms with E-state index in [1.807, 2.05) is 22.8 Å². The molecule has 2 aromatic rings. The van der Waals surface area contributed by atoms with E-state index in [1.165, 1.54) is 4.90 Å². The van der Waals surface area contributed by atoms with Crippen molar-refractivity contribution in [2.75, 3.05) is 27.7 Å². The molecule has 0 unspecified atom stereocenters. The Hall–Kier alpha value is -1.95. The van der Waals surface area contributed by atoms with Gasteiger partial charge < -0.3 is 19.5 Å². The normalized spacial score (nSPS) is 10.7. The molecule has 21 heavy (non-hydrogen) atoms. The summed E-state index contributed by atoms with van der Waals surface area (Å²) >= 11 is 5.96. The summed E-state index contributed by atoms with van der Waals surface area (Å²) in [6, 6.07) is 5.59. The highest BCUT2D eigenvalue weighted by Gasteiger charge is 2.11. The summed E-state index contributed by atoms with van der Waals surface area (Å²) in [6.45, 7) is 1.13. The second kappa shape index (κ2) is 6.67. The molecule has 0 saturated carbocycles. The van der Waals surface area contributed by atoms with Gasteiger partial charge in [0.05, 0.1) is 24.0 Å². The first-order valence-electron chi connectivity index (χ1n) is 6.61. The van der Waals surface area contributed by atoms with E-state index in [9.17, 15) is 4.79 Å². The number of hydrogen-bond acceptors (Lipinski definition) is 3. The molecule has 0 aliphatic carbocycles. The SMILES string of the molecule is COc1ccc2c(c1)nc(CCl)n2CCNC(=O)N(C)C. The lowest BCUT2D eigenvalue weighted by atomic mass is 10.3. The molecule has 6 nitrogen and oxygen atoms in total. The molecule has 1 heterocycles. The zero-order valence-corrected chi connectivity index (χ0v) is 13.1. The molecule has 1 aromatic carbocycles. The molecule has 0 radical (unpaired) electrons. The monoisotopic (exact) mass is 310 g/mol. The van der Waals surface area contributed by atoms with E-state index in [4.69, 9.17) is 16.3 Å². The third-order valence-electron chi connectivity index (χ3n) is 3.17. The van der Waals surface area contributed by atoms with E-state index >= 15 is 0 Å². The molecule has 114 valence electrons. The number of rotatable bonds is 5. The maximum atomic E-state index is 11.5. The fourth-order valence-corrected chi connectivity index (χ4v) is 2.27. The number of hydrogen-bond donors (Lipinski definition) is 1. The summed E-state index contributed by atoms with van der Waals surface area (Å²) in [5.41, 5.74) is 1.81. The highest BCUT2D eigenvalue weighted by molar-refractivity contribution is 6.16. The molecule has 7 heteroatoms. The van der Waals surface area contributed by atoms with Crippen molar-refractivity contribution >= 4 is 28.7 Å². The first-order valence-corrected chi connectivity index (χ1v) is 7.14. The van der Waals surface area contributed by atoms with Crippen LogP contribution in [0.3, 0.4) is 0 Å². The lowest BCUT2D eigenvalue weighted by Gasteiger charge is -2.13. The van der Waals surface area contributed by atoms with E-state index in [0.29, 0.717) is 19.0 Å². The number of methoxy groups -OCH3 is 1. The number of aromatic nitrogens is 2. The topological polar surface area (TPSA) is 59.4 Å². The number of alkyl halides is 1. The van der Waals surface area contributed by atoms with Crippen LogP contribution >= 0.6 is 11.6 Å². The second-order valence-corrected chi connectivity index (χ2v) is 5.06. The number of imidazole rings is 1. The van der Waals surface area contributed by atoms with Crippen LogP contribution in [0.25, 0.3) is 11.0 Å². The van der Waals surface area contributed by atoms with E-state index in [0.717, 1.165) is 22.6 Å². The zero-order valence-electron chi connectivity index (χ0n) is 12.4. The highest BCUT2D eigenvalue weighted by Crippen LogP contribution is 2.22. The van der Waals surface area contributed by atoms with Crippen LogP contribution in [0.2, 0.25) is 0 Å². The number of amides is 2. The van der Waals surface area contributed by atoms with E-state index in [1.54, 1.807) is 21.2 Å². The van der Waals surface area contributed by atoms with Crippen LogP contribution in [0, 0.1) is 0 Å². The minimum atomic E-state index is -0.117. The van der Waals surface area contributed by atoms with Crippen molar-refractivity contribution in [2.45, 2.75) is 12.4 Å². The third-order valence-corrected chi connectivity index (χ3v) is 3.41. The van der Waals surface area contributed by atoms with Crippen molar-refractivity contribution in [1.82, 2.24) is 19.8 Å². The summed E-state index contributed by atoms with van der Waals surface area (Å²) < 4.78 is 7.21. The van der Waals surface area contributed by atoms with Gasteiger partial charge in [-0.3, -0.25) is 0 Å². The minimum absolute atomic E-state index is 0.117. The number of ether oxygens (including phenoxy) is 1. The lowest BCUT2D eigenvalue weighted by molar-refractivity contribution is 0.217. The van der Waals surface area contributed by atoms with Crippen molar-refractivity contribution in [1.29, 1.82) is 0 Å². The Labute approximate surface area is 128 Å². The number of carbonyl (C=O) groups excluding carboxylic acids is 1. The number of urea groups is 1. The Balaban J connectivity index is 2.19. The Kier molecular flexibility index (Phi) is 4.90. The van der Waals surface area contributed by atoms with Gasteiger partial charge in [-0.1, -0.05) is 0 Å². The smallest absolute Gasteiger partial charge is 0.316 e. The van der Waals surface area contributed by atoms with Gasteiger partial charge in [-0.2, -0.15) is 0 Å². The van der Waals surface area contributed by atoms with Crippen LogP contribution in [-0.2, 0) is 12.4 Å². The summed E-state index contributed by atoms with van der Waals surface area (Å²) in [5.74, 6) is 1.85. The molecular weight excluding hydrogens is 292 g/mol. The van der Waals surface area contributed by atoms with Gasteiger partial charge in [0.2, 0.25) is 0 Å². The third kappa shape index (κ3) is 3.39. The summed E-state index contributed by atoms with van der Waals surface area (Å²) in [4.78, 5) is 17.5. The molecule has 1 N–H and O–H groups in total. The number of fused-ring (bicyclic) bond motifs is 1. The maximum absolute atomic E-state index is 11.5. The van der Waals surface area contributed by atoms with E-state index in [2.05, 4.69) is 10.3 Å². The predicted molar refractivity (Wildman–Crippen MR) is 82.9 cm³/mol. The van der Waals surface area contributed by atoms with Crippen molar-refractivity contribution in [3.8, 4) is 5.75 Å². The second-order valence-electron chi connectivity index (χ2n) is 4.79. The number of carbonyl (C=O) groups is 1. The van der Waals surface area contributed by atoms with Crippen molar-refractivity contribution in [2.24, 2.45) is 0 Å². The summed E-state index contributed by atoms with van der Waals surface area (Å²) in [6.07, 6.45) is 0. The first-order chi connectivity index (χ1) is 10.1. The molecule has 0 fully saturated rings. The average Bonchev–Trinajstić information content (AvgIpc) is 2.83. The van der Waals surface area contributed by atoms with Crippen molar-refractivity contribution < 1.29 is 9.53 Å². The summed E-state index contributed by atoms with van der Waals surface area (Å²) in [7, 11) is 5.04. The van der Waals surface area contributed by atoms with Gasteiger partial charge in [0.1, 0.15) is 11.6 Å². The standard InChI is InChI=1S/C14H19ClN4O2/c1-18(2)14(20)16-6-7-19-12-5-4-10(21-3)8-11(12)17-13(19)9-15/h4-5,8H,6-7,9H2,1-3H3,(H,16,20). The van der Waals surface area contributed by atoms with E-state index in [-0.39, 0.29) is 6.03 Å². The van der Waals surface area contributed by atoms with Gasteiger partial charge in [0.25, 0.3) is 0 Å². The highest BCUT2D eigenvalue weighted by atomic mass is 35.5. The predicted octanol–water partition coefficient (Wildman–Crippen LogP) is 2.05. The first kappa shape index (κ1) is 15.4. The van der Waals surface area contributed by atoms with Gasteiger partial charge in [-0.15, -0.1) is 11.6 Å². The van der Waals surface area contributed by atoms with Crippen molar-refractivity contribution in [3.63, 3.8) is 0 Å². The van der Waals surface area contributed by atoms with Crippen molar-refractivity contribution in [3.05, 3.63) is 24.0 Å². The van der Waals surface area contributed by atoms with E-state index < -0.39 is 0 Å². The molecule has 2 amide bonds. The molecule has 0 aliphatic heterocycles. The van der Waals surface area contributed by atoms with Gasteiger partial charge in [-0.05, 0) is 12.1 Å². The van der Waals surface area contributed by atoms with Crippen LogP contribution in [-0.4, -0.2) is 48.2 Å². The Bertz CT molecular complexity index is 639.